The van der Waals surface area contributed by atoms with Gasteiger partial charge in [0.15, 0.2) is 12.4 Å². The van der Waals surface area contributed by atoms with Gasteiger partial charge in [-0.2, -0.15) is 0 Å². The van der Waals surface area contributed by atoms with Crippen LogP contribution < -0.4 is 5.32 Å². The topological polar surface area (TPSA) is 175 Å². The highest BCUT2D eigenvalue weighted by atomic mass is 16.7. The number of hydrogen-bond donors (Lipinski definition) is 6. The van der Waals surface area contributed by atoms with Crippen LogP contribution in [0.2, 0.25) is 0 Å². The Morgan fingerprint density at radius 1 is 0.444 bits per heavy atom. The second kappa shape index (κ2) is 64.9. The van der Waals surface area contributed by atoms with Crippen LogP contribution in [-0.2, 0) is 23.8 Å². The molecule has 11 nitrogen and oxygen atoms in total. The first-order valence-electron chi connectivity index (χ1n) is 36.5. The predicted molar refractivity (Wildman–Crippen MR) is 379 cm³/mol. The van der Waals surface area contributed by atoms with Crippen LogP contribution in [0.4, 0.5) is 0 Å². The van der Waals surface area contributed by atoms with E-state index >= 15 is 0 Å². The van der Waals surface area contributed by atoms with E-state index < -0.39 is 67.4 Å². The molecule has 8 atom stereocenters. The van der Waals surface area contributed by atoms with E-state index in [0.717, 1.165) is 148 Å². The van der Waals surface area contributed by atoms with Crippen molar-refractivity contribution in [2.24, 2.45) is 0 Å². The summed E-state index contributed by atoms with van der Waals surface area (Å²) < 4.78 is 17.7. The number of ether oxygens (including phenoxy) is 3. The summed E-state index contributed by atoms with van der Waals surface area (Å²) in [6.07, 6.45) is 81.9. The molecule has 1 saturated heterocycles. The van der Waals surface area contributed by atoms with Crippen LogP contribution in [0.15, 0.2) is 134 Å². The van der Waals surface area contributed by atoms with Gasteiger partial charge in [0.25, 0.3) is 0 Å². The Morgan fingerprint density at radius 2 is 0.800 bits per heavy atom. The third-order valence-electron chi connectivity index (χ3n) is 16.3. The number of esters is 1. The summed E-state index contributed by atoms with van der Waals surface area (Å²) in [5, 5.41) is 57.3. The van der Waals surface area contributed by atoms with Gasteiger partial charge in [0.1, 0.15) is 24.4 Å². The molecule has 0 aromatic rings. The lowest BCUT2D eigenvalue weighted by Crippen LogP contribution is -2.61. The molecule has 8 unspecified atom stereocenters. The molecule has 0 bridgehead atoms. The highest BCUT2D eigenvalue weighted by Gasteiger charge is 2.47. The van der Waals surface area contributed by atoms with E-state index in [0.29, 0.717) is 12.8 Å². The largest absolute Gasteiger partial charge is 0.454 e. The Kier molecular flexibility index (Phi) is 60.4. The molecule has 1 aliphatic heterocycles. The SMILES string of the molecule is CC/C=C\C/C=C\C/C=C\C/C=C\C/C=C\CCCCCCCCCCCC(=O)OC1C(OCC(NC(=O)C(O)CCCCCCCCCC/C=C\C/C=C\C/C=C\C/C=C\C/C=C\CC)C(O)/C=C/CCCCCCCCCCCC)OC(CO)C(O)C1O. The first kappa shape index (κ1) is 83.8. The molecule has 1 amide bonds. The Labute approximate surface area is 550 Å². The molecule has 0 saturated carbocycles. The van der Waals surface area contributed by atoms with Gasteiger partial charge in [-0.15, -0.1) is 0 Å². The van der Waals surface area contributed by atoms with Crippen molar-refractivity contribution in [2.75, 3.05) is 13.2 Å². The third kappa shape index (κ3) is 51.3. The normalized spacial score (nSPS) is 18.9. The number of carbonyl (C=O) groups excluding carboxylic acids is 2. The Morgan fingerprint density at radius 3 is 1.20 bits per heavy atom. The lowest BCUT2D eigenvalue weighted by Gasteiger charge is -2.41. The van der Waals surface area contributed by atoms with Crippen molar-refractivity contribution < 1.29 is 49.3 Å². The zero-order chi connectivity index (χ0) is 65.3. The zero-order valence-corrected chi connectivity index (χ0v) is 57.2. The van der Waals surface area contributed by atoms with Gasteiger partial charge in [-0.25, -0.2) is 0 Å². The lowest BCUT2D eigenvalue weighted by atomic mass is 9.99. The molecule has 514 valence electrons. The Hall–Kier alpha value is -4.20. The average Bonchev–Trinajstić information content (AvgIpc) is 1.18. The van der Waals surface area contributed by atoms with Gasteiger partial charge >= 0.3 is 5.97 Å². The fourth-order valence-electron chi connectivity index (χ4n) is 10.6. The third-order valence-corrected chi connectivity index (χ3v) is 16.3. The molecule has 6 N–H and O–H groups in total. The molecule has 1 aliphatic rings. The highest BCUT2D eigenvalue weighted by Crippen LogP contribution is 2.26. The standard InChI is InChI=1S/C79H133NO10/c1-4-7-10-13-16-19-22-25-27-29-31-33-35-37-39-41-43-45-47-49-52-55-58-61-64-67-74(84)90-77-76(86)75(85)73(68-81)89-79(77)88-69-70(71(82)65-62-59-56-53-50-24-21-18-15-12-9-6-3)80-78(87)72(83)66-63-60-57-54-51-48-46-44-42-40-38-36-34-32-30-28-26-23-20-17-14-11-8-5-2/h7-8,10-11,16-17,19-20,25-28,31-34,37-40,62,65,70-73,75-77,79,81-83,85-86H,4-6,9,12-15,18,21-24,29-30,35-36,41-61,63-64,66-69H2,1-3H3,(H,80,87)/b10-7-,11-8-,19-16-,20-17-,27-25-,28-26-,33-31-,34-32-,39-37-,40-38-,65-62+. The van der Waals surface area contributed by atoms with Gasteiger partial charge in [0.05, 0.1) is 25.4 Å². The lowest BCUT2D eigenvalue weighted by molar-refractivity contribution is -0.305. The first-order valence-corrected chi connectivity index (χ1v) is 36.5. The van der Waals surface area contributed by atoms with Crippen LogP contribution >= 0.6 is 0 Å². The van der Waals surface area contributed by atoms with Crippen LogP contribution in [0.5, 0.6) is 0 Å². The monoisotopic (exact) mass is 1260 g/mol. The van der Waals surface area contributed by atoms with E-state index in [1.807, 2.05) is 6.08 Å². The van der Waals surface area contributed by atoms with E-state index in [9.17, 15) is 35.1 Å². The smallest absolute Gasteiger partial charge is 0.306 e. The fourth-order valence-corrected chi connectivity index (χ4v) is 10.6. The van der Waals surface area contributed by atoms with Gasteiger partial charge < -0.3 is 45.1 Å². The maximum absolute atomic E-state index is 13.5. The number of nitrogens with one attached hydrogen (secondary N) is 1. The van der Waals surface area contributed by atoms with Crippen LogP contribution in [0.3, 0.4) is 0 Å². The molecular weight excluding hydrogens is 1120 g/mol. The van der Waals surface area contributed by atoms with Crippen LogP contribution in [0.1, 0.15) is 290 Å². The molecule has 0 radical (unpaired) electrons. The van der Waals surface area contributed by atoms with Crippen LogP contribution in [0.25, 0.3) is 0 Å². The molecule has 90 heavy (non-hydrogen) atoms. The van der Waals surface area contributed by atoms with Crippen molar-refractivity contribution in [3.8, 4) is 0 Å². The van der Waals surface area contributed by atoms with E-state index in [2.05, 4.69) is 148 Å². The van der Waals surface area contributed by atoms with Crippen molar-refractivity contribution in [2.45, 2.75) is 339 Å². The molecule has 0 aliphatic carbocycles. The van der Waals surface area contributed by atoms with E-state index in [1.165, 1.54) is 96.3 Å². The predicted octanol–water partition coefficient (Wildman–Crippen LogP) is 19.1. The number of aliphatic hydroxyl groups is 5. The fraction of sp³-hybridized carbons (Fsp3) is 0.696. The number of allylic oxidation sites excluding steroid dienone is 21. The quantitative estimate of drug-likeness (QED) is 0.0195. The summed E-state index contributed by atoms with van der Waals surface area (Å²) in [6.45, 7) is 5.57. The molecule has 0 aromatic heterocycles. The van der Waals surface area contributed by atoms with E-state index in [-0.39, 0.29) is 19.4 Å². The number of unbranched alkanes of at least 4 members (excludes halogenated alkanes) is 27. The minimum absolute atomic E-state index is 0.109. The minimum atomic E-state index is -1.63. The van der Waals surface area contributed by atoms with Crippen LogP contribution in [0, 0.1) is 0 Å². The van der Waals surface area contributed by atoms with Crippen molar-refractivity contribution in [1.29, 1.82) is 0 Å². The van der Waals surface area contributed by atoms with Gasteiger partial charge in [-0.1, -0.05) is 302 Å². The number of carbonyl (C=O) groups is 2. The van der Waals surface area contributed by atoms with Gasteiger partial charge in [0.2, 0.25) is 5.91 Å². The molecule has 0 aromatic carbocycles. The number of aliphatic hydroxyl groups excluding tert-OH is 5. The van der Waals surface area contributed by atoms with Crippen LogP contribution in [-0.4, -0.2) is 99.6 Å². The second-order valence-corrected chi connectivity index (χ2v) is 24.6. The summed E-state index contributed by atoms with van der Waals surface area (Å²) >= 11 is 0. The van der Waals surface area contributed by atoms with Gasteiger partial charge in [-0.3, -0.25) is 9.59 Å². The Bertz CT molecular complexity index is 1980. The summed E-state index contributed by atoms with van der Waals surface area (Å²) in [6, 6.07) is -1.04. The molecule has 1 fully saturated rings. The van der Waals surface area contributed by atoms with E-state index in [1.54, 1.807) is 6.08 Å². The minimum Gasteiger partial charge on any atom is -0.454 e. The molecule has 1 heterocycles. The van der Waals surface area contributed by atoms with Gasteiger partial charge in [-0.05, 0) is 116 Å². The number of rotatable bonds is 61. The number of hydrogen-bond acceptors (Lipinski definition) is 10. The van der Waals surface area contributed by atoms with Crippen molar-refractivity contribution in [3.05, 3.63) is 134 Å². The average molecular weight is 1260 g/mol. The molecule has 1 rings (SSSR count). The highest BCUT2D eigenvalue weighted by molar-refractivity contribution is 5.80. The van der Waals surface area contributed by atoms with Crippen molar-refractivity contribution in [1.82, 2.24) is 5.32 Å². The summed E-state index contributed by atoms with van der Waals surface area (Å²) in [7, 11) is 0. The molecule has 11 heteroatoms. The maximum Gasteiger partial charge on any atom is 0.306 e. The second-order valence-electron chi connectivity index (χ2n) is 24.6. The van der Waals surface area contributed by atoms with Gasteiger partial charge in [0, 0.05) is 6.42 Å². The number of amides is 1. The van der Waals surface area contributed by atoms with E-state index in [4.69, 9.17) is 14.2 Å². The summed E-state index contributed by atoms with van der Waals surface area (Å²) in [5.41, 5.74) is 0. The Balaban J connectivity index is 2.58. The first-order chi connectivity index (χ1) is 44.2. The zero-order valence-electron chi connectivity index (χ0n) is 57.2. The summed E-state index contributed by atoms with van der Waals surface area (Å²) in [5.74, 6) is -1.21. The molecular formula is C79H133NO10. The maximum atomic E-state index is 13.5. The van der Waals surface area contributed by atoms with Crippen molar-refractivity contribution in [3.63, 3.8) is 0 Å². The van der Waals surface area contributed by atoms with Crippen molar-refractivity contribution >= 4 is 11.9 Å². The summed E-state index contributed by atoms with van der Waals surface area (Å²) in [4.78, 5) is 26.7. The molecule has 0 spiro atoms.